The van der Waals surface area contributed by atoms with Gasteiger partial charge in [0.15, 0.2) is 0 Å². The summed E-state index contributed by atoms with van der Waals surface area (Å²) in [6, 6.07) is 23.6. The van der Waals surface area contributed by atoms with Crippen LogP contribution in [0.4, 0.5) is 0 Å². The Hall–Kier alpha value is -1.66. The molecule has 1 fully saturated rings. The molecule has 1 aromatic heterocycles. The Labute approximate surface area is 173 Å². The smallest absolute Gasteiger partial charge is 0.119 e. The number of nitrogens with one attached hydrogen (secondary N) is 1. The molecular weight excluding hydrogens is 420 g/mol. The molecule has 0 spiro atoms. The second-order valence-electron chi connectivity index (χ2n) is 6.67. The van der Waals surface area contributed by atoms with Crippen LogP contribution in [0.3, 0.4) is 0 Å². The molecule has 1 aliphatic rings. The zero-order valence-corrected chi connectivity index (χ0v) is 17.5. The van der Waals surface area contributed by atoms with Crippen LogP contribution >= 0.6 is 27.3 Å². The van der Waals surface area contributed by atoms with Gasteiger partial charge in [0, 0.05) is 31.1 Å². The van der Waals surface area contributed by atoms with Crippen LogP contribution in [0.15, 0.2) is 70.5 Å². The molecule has 0 aliphatic carbocycles. The largest absolute Gasteiger partial charge is 0.489 e. The molecule has 3 nitrogen and oxygen atoms in total. The summed E-state index contributed by atoms with van der Waals surface area (Å²) in [5.74, 6) is 0.911. The Morgan fingerprint density at radius 1 is 0.963 bits per heavy atom. The molecular formula is C22H23BrN2OS. The van der Waals surface area contributed by atoms with E-state index < -0.39 is 0 Å². The van der Waals surface area contributed by atoms with E-state index in [4.69, 9.17) is 4.74 Å². The number of hydrogen-bond acceptors (Lipinski definition) is 4. The van der Waals surface area contributed by atoms with Crippen molar-refractivity contribution in [1.29, 1.82) is 0 Å². The third-order valence-electron chi connectivity index (χ3n) is 4.82. The molecule has 27 heavy (non-hydrogen) atoms. The normalized spacial score (nSPS) is 16.2. The molecule has 1 atom stereocenters. The summed E-state index contributed by atoms with van der Waals surface area (Å²) in [4.78, 5) is 3.94. The Balaban J connectivity index is 1.51. The van der Waals surface area contributed by atoms with E-state index in [1.165, 1.54) is 19.8 Å². The molecule has 5 heteroatoms. The fourth-order valence-electron chi connectivity index (χ4n) is 3.46. The first kappa shape index (κ1) is 18.7. The van der Waals surface area contributed by atoms with Crippen LogP contribution in [-0.4, -0.2) is 31.1 Å². The maximum absolute atomic E-state index is 5.95. The Morgan fingerprint density at radius 3 is 2.37 bits per heavy atom. The first-order valence-electron chi connectivity index (χ1n) is 9.26. The third-order valence-corrected chi connectivity index (χ3v) is 6.50. The zero-order valence-electron chi connectivity index (χ0n) is 15.1. The summed E-state index contributed by atoms with van der Waals surface area (Å²) in [6.07, 6.45) is 0. The molecule has 0 amide bonds. The quantitative estimate of drug-likeness (QED) is 0.575. The summed E-state index contributed by atoms with van der Waals surface area (Å²) in [5.41, 5.74) is 2.50. The van der Waals surface area contributed by atoms with Crippen LogP contribution in [0.25, 0.3) is 0 Å². The van der Waals surface area contributed by atoms with E-state index in [0.29, 0.717) is 12.6 Å². The van der Waals surface area contributed by atoms with Crippen molar-refractivity contribution >= 4 is 27.3 Å². The van der Waals surface area contributed by atoms with Crippen molar-refractivity contribution in [1.82, 2.24) is 10.2 Å². The van der Waals surface area contributed by atoms with Crippen LogP contribution in [0, 0.1) is 0 Å². The van der Waals surface area contributed by atoms with Gasteiger partial charge in [-0.2, -0.15) is 0 Å². The average Bonchev–Trinajstić information content (AvgIpc) is 3.15. The predicted octanol–water partition coefficient (Wildman–Crippen LogP) is 5.08. The van der Waals surface area contributed by atoms with Gasteiger partial charge in [0.05, 0.1) is 9.83 Å². The molecule has 0 radical (unpaired) electrons. The van der Waals surface area contributed by atoms with Crippen molar-refractivity contribution in [2.24, 2.45) is 0 Å². The molecule has 0 saturated carbocycles. The second kappa shape index (κ2) is 9.02. The molecule has 1 unspecified atom stereocenters. The van der Waals surface area contributed by atoms with Gasteiger partial charge < -0.3 is 10.1 Å². The van der Waals surface area contributed by atoms with E-state index in [1.807, 2.05) is 29.5 Å². The van der Waals surface area contributed by atoms with E-state index in [-0.39, 0.29) is 0 Å². The van der Waals surface area contributed by atoms with E-state index in [0.717, 1.165) is 31.9 Å². The van der Waals surface area contributed by atoms with Gasteiger partial charge >= 0.3 is 0 Å². The van der Waals surface area contributed by atoms with Crippen LogP contribution in [0.1, 0.15) is 22.0 Å². The average molecular weight is 443 g/mol. The SMILES string of the molecule is Brc1ccc(C(c2ccc(OCc3ccccc3)cc2)N2CCNCC2)s1. The topological polar surface area (TPSA) is 24.5 Å². The summed E-state index contributed by atoms with van der Waals surface area (Å²) < 4.78 is 7.13. The first-order valence-corrected chi connectivity index (χ1v) is 10.9. The van der Waals surface area contributed by atoms with Gasteiger partial charge in [-0.25, -0.2) is 0 Å². The third kappa shape index (κ3) is 4.79. The summed E-state index contributed by atoms with van der Waals surface area (Å²) in [7, 11) is 0. The number of rotatable bonds is 6. The highest BCUT2D eigenvalue weighted by Gasteiger charge is 2.25. The van der Waals surface area contributed by atoms with Gasteiger partial charge in [0.1, 0.15) is 12.4 Å². The minimum absolute atomic E-state index is 0.298. The van der Waals surface area contributed by atoms with Crippen molar-refractivity contribution in [2.75, 3.05) is 26.2 Å². The highest BCUT2D eigenvalue weighted by atomic mass is 79.9. The van der Waals surface area contributed by atoms with Crippen molar-refractivity contribution < 1.29 is 4.74 Å². The molecule has 4 rings (SSSR count). The summed E-state index contributed by atoms with van der Waals surface area (Å²) >= 11 is 5.44. The minimum atomic E-state index is 0.298. The van der Waals surface area contributed by atoms with Crippen molar-refractivity contribution in [3.05, 3.63) is 86.5 Å². The van der Waals surface area contributed by atoms with Crippen LogP contribution in [0.5, 0.6) is 5.75 Å². The molecule has 2 aromatic carbocycles. The molecule has 1 N–H and O–H groups in total. The van der Waals surface area contributed by atoms with Gasteiger partial charge in [-0.3, -0.25) is 4.90 Å². The van der Waals surface area contributed by atoms with Gasteiger partial charge in [-0.15, -0.1) is 11.3 Å². The van der Waals surface area contributed by atoms with Crippen molar-refractivity contribution in [2.45, 2.75) is 12.6 Å². The van der Waals surface area contributed by atoms with E-state index in [2.05, 4.69) is 74.7 Å². The van der Waals surface area contributed by atoms with Crippen LogP contribution in [0.2, 0.25) is 0 Å². The lowest BCUT2D eigenvalue weighted by Crippen LogP contribution is -2.45. The fraction of sp³-hybridized carbons (Fsp3) is 0.273. The molecule has 1 aliphatic heterocycles. The second-order valence-corrected chi connectivity index (χ2v) is 9.17. The van der Waals surface area contributed by atoms with E-state index >= 15 is 0 Å². The molecule has 3 aromatic rings. The zero-order chi connectivity index (χ0) is 18.5. The molecule has 140 valence electrons. The molecule has 0 bridgehead atoms. The number of halogens is 1. The lowest BCUT2D eigenvalue weighted by Gasteiger charge is -2.34. The van der Waals surface area contributed by atoms with Gasteiger partial charge in [-0.05, 0) is 51.3 Å². The lowest BCUT2D eigenvalue weighted by molar-refractivity contribution is 0.200. The Morgan fingerprint density at radius 2 is 1.70 bits per heavy atom. The Kier molecular flexibility index (Phi) is 6.24. The maximum atomic E-state index is 5.95. The maximum Gasteiger partial charge on any atom is 0.119 e. The van der Waals surface area contributed by atoms with Crippen molar-refractivity contribution in [3.63, 3.8) is 0 Å². The van der Waals surface area contributed by atoms with Gasteiger partial charge in [-0.1, -0.05) is 42.5 Å². The molecule has 2 heterocycles. The number of thiophene rings is 1. The minimum Gasteiger partial charge on any atom is -0.489 e. The number of benzene rings is 2. The van der Waals surface area contributed by atoms with E-state index in [9.17, 15) is 0 Å². The monoisotopic (exact) mass is 442 g/mol. The van der Waals surface area contributed by atoms with Crippen LogP contribution in [-0.2, 0) is 6.61 Å². The standard InChI is InChI=1S/C22H23BrN2OS/c23-21-11-10-20(27-21)22(25-14-12-24-13-15-25)18-6-8-19(9-7-18)26-16-17-4-2-1-3-5-17/h1-11,22,24H,12-16H2. The highest BCUT2D eigenvalue weighted by Crippen LogP contribution is 2.36. The van der Waals surface area contributed by atoms with Gasteiger partial charge in [0.25, 0.3) is 0 Å². The first-order chi connectivity index (χ1) is 13.3. The fourth-order valence-corrected chi connectivity index (χ4v) is 5.04. The number of piperazine rings is 1. The number of ether oxygens (including phenoxy) is 1. The van der Waals surface area contributed by atoms with Crippen LogP contribution < -0.4 is 10.1 Å². The Bertz CT molecular complexity index is 844. The predicted molar refractivity (Wildman–Crippen MR) is 116 cm³/mol. The van der Waals surface area contributed by atoms with E-state index in [1.54, 1.807) is 0 Å². The summed E-state index contributed by atoms with van der Waals surface area (Å²) in [6.45, 7) is 4.81. The van der Waals surface area contributed by atoms with Crippen molar-refractivity contribution in [3.8, 4) is 5.75 Å². The number of nitrogens with zero attached hydrogens (tertiary/aromatic N) is 1. The lowest BCUT2D eigenvalue weighted by atomic mass is 10.0. The molecule has 1 saturated heterocycles. The summed E-state index contributed by atoms with van der Waals surface area (Å²) in [5, 5.41) is 3.45. The highest BCUT2D eigenvalue weighted by molar-refractivity contribution is 9.11. The number of hydrogen-bond donors (Lipinski definition) is 1. The van der Waals surface area contributed by atoms with Gasteiger partial charge in [0.2, 0.25) is 0 Å².